The van der Waals surface area contributed by atoms with Gasteiger partial charge in [0.05, 0.1) is 11.6 Å². The summed E-state index contributed by atoms with van der Waals surface area (Å²) in [6, 6.07) is 2.18. The molecule has 1 aromatic rings. The lowest BCUT2D eigenvalue weighted by atomic mass is 9.96. The molecule has 1 aliphatic carbocycles. The first-order valence-corrected chi connectivity index (χ1v) is 7.70. The van der Waals surface area contributed by atoms with E-state index >= 15 is 0 Å². The zero-order chi connectivity index (χ0) is 13.2. The van der Waals surface area contributed by atoms with E-state index < -0.39 is 0 Å². The second-order valence-electron chi connectivity index (χ2n) is 5.17. The van der Waals surface area contributed by atoms with Gasteiger partial charge < -0.3 is 10.6 Å². The Labute approximate surface area is 116 Å². The highest BCUT2D eigenvalue weighted by Gasteiger charge is 2.26. The number of nitrogens with one attached hydrogen (secondary N) is 2. The summed E-state index contributed by atoms with van der Waals surface area (Å²) in [6.07, 6.45) is 6.30. The minimum atomic E-state index is -0.0920. The van der Waals surface area contributed by atoms with Gasteiger partial charge >= 0.3 is 0 Å². The van der Waals surface area contributed by atoms with Gasteiger partial charge in [0.1, 0.15) is 11.1 Å². The first kappa shape index (κ1) is 12.6. The SMILES string of the molecule is N#Cc1c(NC(=O)C2CCCN2)sc2c1CCCC2. The highest BCUT2D eigenvalue weighted by Crippen LogP contribution is 2.37. The first-order valence-electron chi connectivity index (χ1n) is 6.88. The van der Waals surface area contributed by atoms with E-state index in [1.807, 2.05) is 0 Å². The Balaban J connectivity index is 1.82. The summed E-state index contributed by atoms with van der Waals surface area (Å²) in [5.41, 5.74) is 1.87. The summed E-state index contributed by atoms with van der Waals surface area (Å²) in [6.45, 7) is 0.907. The Hall–Kier alpha value is -1.38. The average Bonchev–Trinajstić information content (AvgIpc) is 3.05. The normalized spacial score (nSPS) is 21.7. The molecule has 4 nitrogen and oxygen atoms in total. The third kappa shape index (κ3) is 2.38. The Morgan fingerprint density at radius 2 is 2.21 bits per heavy atom. The lowest BCUT2D eigenvalue weighted by Gasteiger charge is -2.10. The number of thiophene rings is 1. The Morgan fingerprint density at radius 3 is 2.95 bits per heavy atom. The number of nitriles is 1. The molecule has 3 rings (SSSR count). The van der Waals surface area contributed by atoms with Crippen molar-refractivity contribution < 1.29 is 4.79 Å². The van der Waals surface area contributed by atoms with E-state index in [0.29, 0.717) is 5.56 Å². The molecule has 100 valence electrons. The Morgan fingerprint density at radius 1 is 1.37 bits per heavy atom. The predicted molar refractivity (Wildman–Crippen MR) is 75.3 cm³/mol. The molecule has 2 aliphatic rings. The highest BCUT2D eigenvalue weighted by atomic mass is 32.1. The molecule has 1 fully saturated rings. The van der Waals surface area contributed by atoms with Crippen molar-refractivity contribution in [2.24, 2.45) is 0 Å². The zero-order valence-electron chi connectivity index (χ0n) is 10.8. The van der Waals surface area contributed by atoms with Gasteiger partial charge in [-0.05, 0) is 50.6 Å². The van der Waals surface area contributed by atoms with Crippen molar-refractivity contribution in [3.8, 4) is 6.07 Å². The molecule has 1 aliphatic heterocycles. The van der Waals surface area contributed by atoms with Crippen LogP contribution in [-0.4, -0.2) is 18.5 Å². The molecule has 0 aromatic carbocycles. The third-order valence-electron chi connectivity index (χ3n) is 3.90. The first-order chi connectivity index (χ1) is 9.29. The number of fused-ring (bicyclic) bond motifs is 1. The van der Waals surface area contributed by atoms with E-state index in [1.54, 1.807) is 11.3 Å². The predicted octanol–water partition coefficient (Wildman–Crippen LogP) is 2.19. The van der Waals surface area contributed by atoms with Gasteiger partial charge in [-0.15, -0.1) is 11.3 Å². The summed E-state index contributed by atoms with van der Waals surface area (Å²) >= 11 is 1.59. The van der Waals surface area contributed by atoms with Crippen LogP contribution in [0.15, 0.2) is 0 Å². The summed E-state index contributed by atoms with van der Waals surface area (Å²) < 4.78 is 0. The molecular weight excluding hydrogens is 258 g/mol. The van der Waals surface area contributed by atoms with Crippen LogP contribution in [0.1, 0.15) is 41.7 Å². The summed E-state index contributed by atoms with van der Waals surface area (Å²) in [7, 11) is 0. The van der Waals surface area contributed by atoms with Crippen molar-refractivity contribution in [3.63, 3.8) is 0 Å². The van der Waals surface area contributed by atoms with Crippen LogP contribution < -0.4 is 10.6 Å². The third-order valence-corrected chi connectivity index (χ3v) is 5.10. The van der Waals surface area contributed by atoms with Crippen molar-refractivity contribution in [1.29, 1.82) is 5.26 Å². The second kappa shape index (κ2) is 5.32. The van der Waals surface area contributed by atoms with E-state index in [-0.39, 0.29) is 11.9 Å². The molecule has 2 heterocycles. The van der Waals surface area contributed by atoms with Crippen molar-refractivity contribution in [1.82, 2.24) is 5.32 Å². The molecule has 5 heteroatoms. The van der Waals surface area contributed by atoms with Crippen LogP contribution >= 0.6 is 11.3 Å². The summed E-state index contributed by atoms with van der Waals surface area (Å²) in [5.74, 6) is 0.00703. The number of hydrogen-bond acceptors (Lipinski definition) is 4. The fourth-order valence-corrected chi connectivity index (χ4v) is 4.12. The maximum atomic E-state index is 12.1. The number of rotatable bonds is 2. The lowest BCUT2D eigenvalue weighted by Crippen LogP contribution is -2.35. The molecule has 0 spiro atoms. The van der Waals surface area contributed by atoms with Crippen LogP contribution in [0.25, 0.3) is 0 Å². The number of carbonyl (C=O) groups excluding carboxylic acids is 1. The molecule has 1 aromatic heterocycles. The zero-order valence-corrected chi connectivity index (χ0v) is 11.6. The van der Waals surface area contributed by atoms with E-state index in [4.69, 9.17) is 0 Å². The maximum absolute atomic E-state index is 12.1. The van der Waals surface area contributed by atoms with Gasteiger partial charge in [-0.2, -0.15) is 5.26 Å². The smallest absolute Gasteiger partial charge is 0.242 e. The largest absolute Gasteiger partial charge is 0.315 e. The van der Waals surface area contributed by atoms with Crippen molar-refractivity contribution in [2.45, 2.75) is 44.6 Å². The molecular formula is C14H17N3OS. The molecule has 2 N–H and O–H groups in total. The molecule has 1 amide bonds. The standard InChI is InChI=1S/C14H17N3OS/c15-8-10-9-4-1-2-6-12(9)19-14(10)17-13(18)11-5-3-7-16-11/h11,16H,1-7H2,(H,17,18). The number of anilines is 1. The summed E-state index contributed by atoms with van der Waals surface area (Å²) in [4.78, 5) is 13.4. The molecule has 0 saturated carbocycles. The molecule has 1 atom stereocenters. The average molecular weight is 275 g/mol. The van der Waals surface area contributed by atoms with Crippen LogP contribution in [0.5, 0.6) is 0 Å². The highest BCUT2D eigenvalue weighted by molar-refractivity contribution is 7.16. The van der Waals surface area contributed by atoms with Crippen molar-refractivity contribution >= 4 is 22.2 Å². The lowest BCUT2D eigenvalue weighted by molar-refractivity contribution is -0.117. The Kier molecular flexibility index (Phi) is 3.54. The monoisotopic (exact) mass is 275 g/mol. The number of aryl methyl sites for hydroxylation is 1. The maximum Gasteiger partial charge on any atom is 0.242 e. The quantitative estimate of drug-likeness (QED) is 0.869. The van der Waals surface area contributed by atoms with Crippen molar-refractivity contribution in [3.05, 3.63) is 16.0 Å². The van der Waals surface area contributed by atoms with Gasteiger partial charge in [0.2, 0.25) is 5.91 Å². The van der Waals surface area contributed by atoms with Gasteiger partial charge in [0.25, 0.3) is 0 Å². The van der Waals surface area contributed by atoms with Gasteiger partial charge in [-0.25, -0.2) is 0 Å². The fraction of sp³-hybridized carbons (Fsp3) is 0.571. The van der Waals surface area contributed by atoms with Crippen LogP contribution in [0, 0.1) is 11.3 Å². The van der Waals surface area contributed by atoms with Crippen LogP contribution in [-0.2, 0) is 17.6 Å². The van der Waals surface area contributed by atoms with Crippen molar-refractivity contribution in [2.75, 3.05) is 11.9 Å². The number of hydrogen-bond donors (Lipinski definition) is 2. The molecule has 1 saturated heterocycles. The van der Waals surface area contributed by atoms with Gasteiger partial charge in [-0.1, -0.05) is 0 Å². The van der Waals surface area contributed by atoms with Gasteiger partial charge in [0.15, 0.2) is 0 Å². The van der Waals surface area contributed by atoms with Crippen LogP contribution in [0.2, 0.25) is 0 Å². The molecule has 0 bridgehead atoms. The van der Waals surface area contributed by atoms with E-state index in [0.717, 1.165) is 43.6 Å². The van der Waals surface area contributed by atoms with Gasteiger partial charge in [-0.3, -0.25) is 4.79 Å². The molecule has 0 radical (unpaired) electrons. The number of nitrogens with zero attached hydrogens (tertiary/aromatic N) is 1. The minimum Gasteiger partial charge on any atom is -0.315 e. The minimum absolute atomic E-state index is 0.00703. The summed E-state index contributed by atoms with van der Waals surface area (Å²) in [5, 5.41) is 16.2. The molecule has 19 heavy (non-hydrogen) atoms. The molecule has 1 unspecified atom stereocenters. The topological polar surface area (TPSA) is 64.9 Å². The van der Waals surface area contributed by atoms with Crippen LogP contribution in [0.4, 0.5) is 5.00 Å². The Bertz CT molecular complexity index is 538. The van der Waals surface area contributed by atoms with Gasteiger partial charge in [0, 0.05) is 4.88 Å². The van der Waals surface area contributed by atoms with E-state index in [9.17, 15) is 10.1 Å². The number of amides is 1. The van der Waals surface area contributed by atoms with E-state index in [2.05, 4.69) is 16.7 Å². The number of carbonyl (C=O) groups is 1. The van der Waals surface area contributed by atoms with E-state index in [1.165, 1.54) is 16.9 Å². The second-order valence-corrected chi connectivity index (χ2v) is 6.27. The fourth-order valence-electron chi connectivity index (χ4n) is 2.88. The van der Waals surface area contributed by atoms with Crippen LogP contribution in [0.3, 0.4) is 0 Å².